The van der Waals surface area contributed by atoms with Crippen LogP contribution in [0, 0.1) is 0 Å². The van der Waals surface area contributed by atoms with E-state index in [9.17, 15) is 13.2 Å². The Kier molecular flexibility index (Phi) is 6.16. The molecule has 1 fully saturated rings. The van der Waals surface area contributed by atoms with Crippen molar-refractivity contribution in [3.63, 3.8) is 0 Å². The number of benzene rings is 2. The SMILES string of the molecule is CCc1ccc(C(=O)Nc2ccc(Cl)cc2)cc1S(=O)(=O)N1CCOCC1. The van der Waals surface area contributed by atoms with Crippen LogP contribution in [-0.4, -0.2) is 44.9 Å². The molecule has 6 nitrogen and oxygen atoms in total. The average molecular weight is 409 g/mol. The van der Waals surface area contributed by atoms with Gasteiger partial charge in [-0.15, -0.1) is 0 Å². The van der Waals surface area contributed by atoms with Gasteiger partial charge in [-0.1, -0.05) is 24.6 Å². The van der Waals surface area contributed by atoms with Crippen LogP contribution in [0.4, 0.5) is 5.69 Å². The number of carbonyl (C=O) groups is 1. The molecule has 2 aromatic carbocycles. The van der Waals surface area contributed by atoms with Crippen molar-refractivity contribution in [3.05, 3.63) is 58.6 Å². The summed E-state index contributed by atoms with van der Waals surface area (Å²) in [6, 6.07) is 11.5. The number of ether oxygens (including phenoxy) is 1. The van der Waals surface area contributed by atoms with E-state index < -0.39 is 10.0 Å². The summed E-state index contributed by atoms with van der Waals surface area (Å²) in [5.41, 5.74) is 1.56. The Hall–Kier alpha value is -1.93. The molecule has 2 aromatic rings. The third-order valence-corrected chi connectivity index (χ3v) is 6.63. The maximum Gasteiger partial charge on any atom is 0.255 e. The van der Waals surface area contributed by atoms with Gasteiger partial charge >= 0.3 is 0 Å². The Bertz CT molecular complexity index is 923. The molecule has 0 aromatic heterocycles. The number of amides is 1. The smallest absolute Gasteiger partial charge is 0.255 e. The Morgan fingerprint density at radius 1 is 1.15 bits per heavy atom. The maximum absolute atomic E-state index is 13.1. The number of morpholine rings is 1. The summed E-state index contributed by atoms with van der Waals surface area (Å²) in [5.74, 6) is -0.376. The standard InChI is InChI=1S/C19H21ClN2O4S/c1-2-14-3-4-15(19(23)21-17-7-5-16(20)6-8-17)13-18(14)27(24,25)22-9-11-26-12-10-22/h3-8,13H,2,9-12H2,1H3,(H,21,23). The monoisotopic (exact) mass is 408 g/mol. The molecule has 8 heteroatoms. The van der Waals surface area contributed by atoms with Crippen LogP contribution in [0.1, 0.15) is 22.8 Å². The maximum atomic E-state index is 13.1. The molecule has 0 atom stereocenters. The molecule has 0 bridgehead atoms. The average Bonchev–Trinajstić information content (AvgIpc) is 2.69. The number of anilines is 1. The van der Waals surface area contributed by atoms with Gasteiger partial charge in [0.15, 0.2) is 0 Å². The normalized spacial score (nSPS) is 15.5. The summed E-state index contributed by atoms with van der Waals surface area (Å²) < 4.78 is 32.8. The lowest BCUT2D eigenvalue weighted by molar-refractivity contribution is 0.0730. The van der Waals surface area contributed by atoms with Gasteiger partial charge in [-0.25, -0.2) is 8.42 Å². The number of nitrogens with zero attached hydrogens (tertiary/aromatic N) is 1. The molecule has 0 radical (unpaired) electrons. The molecule has 1 aliphatic rings. The van der Waals surface area contributed by atoms with Crippen LogP contribution in [0.3, 0.4) is 0 Å². The van der Waals surface area contributed by atoms with E-state index in [2.05, 4.69) is 5.32 Å². The molecule has 1 amide bonds. The molecule has 1 saturated heterocycles. The molecule has 0 spiro atoms. The van der Waals surface area contributed by atoms with Crippen molar-refractivity contribution < 1.29 is 17.9 Å². The second-order valence-electron chi connectivity index (χ2n) is 6.15. The molecular formula is C19H21ClN2O4S. The fourth-order valence-electron chi connectivity index (χ4n) is 2.89. The molecule has 1 heterocycles. The van der Waals surface area contributed by atoms with Gasteiger partial charge in [0.25, 0.3) is 5.91 Å². The van der Waals surface area contributed by atoms with Crippen molar-refractivity contribution in [1.82, 2.24) is 4.31 Å². The van der Waals surface area contributed by atoms with Crippen molar-refractivity contribution >= 4 is 33.2 Å². The van der Waals surface area contributed by atoms with E-state index in [-0.39, 0.29) is 16.4 Å². The van der Waals surface area contributed by atoms with Crippen LogP contribution < -0.4 is 5.32 Å². The first-order valence-corrected chi connectivity index (χ1v) is 10.5. The van der Waals surface area contributed by atoms with Crippen LogP contribution in [-0.2, 0) is 21.2 Å². The van der Waals surface area contributed by atoms with E-state index in [1.54, 1.807) is 36.4 Å². The summed E-state index contributed by atoms with van der Waals surface area (Å²) in [4.78, 5) is 12.8. The minimum Gasteiger partial charge on any atom is -0.379 e. The van der Waals surface area contributed by atoms with Gasteiger partial charge in [-0.3, -0.25) is 4.79 Å². The highest BCUT2D eigenvalue weighted by Gasteiger charge is 2.29. The van der Waals surface area contributed by atoms with Gasteiger partial charge in [0, 0.05) is 29.4 Å². The van der Waals surface area contributed by atoms with E-state index in [1.807, 2.05) is 6.92 Å². The molecule has 0 aliphatic carbocycles. The molecule has 144 valence electrons. The van der Waals surface area contributed by atoms with Crippen molar-refractivity contribution in [1.29, 1.82) is 0 Å². The van der Waals surface area contributed by atoms with Gasteiger partial charge in [-0.2, -0.15) is 4.31 Å². The highest BCUT2D eigenvalue weighted by molar-refractivity contribution is 7.89. The fourth-order valence-corrected chi connectivity index (χ4v) is 4.74. The van der Waals surface area contributed by atoms with Gasteiger partial charge in [-0.05, 0) is 48.4 Å². The summed E-state index contributed by atoms with van der Waals surface area (Å²) in [5, 5.41) is 3.32. The number of hydrogen-bond acceptors (Lipinski definition) is 4. The van der Waals surface area contributed by atoms with Crippen molar-refractivity contribution in [2.24, 2.45) is 0 Å². The Morgan fingerprint density at radius 2 is 1.81 bits per heavy atom. The molecule has 0 unspecified atom stereocenters. The second-order valence-corrected chi connectivity index (χ2v) is 8.50. The summed E-state index contributed by atoms with van der Waals surface area (Å²) in [6.07, 6.45) is 0.554. The number of sulfonamides is 1. The van der Waals surface area contributed by atoms with Gasteiger partial charge in [0.1, 0.15) is 0 Å². The predicted octanol–water partition coefficient (Wildman–Crippen LogP) is 3.18. The second kappa shape index (κ2) is 8.39. The first kappa shape index (κ1) is 19.8. The molecular weight excluding hydrogens is 388 g/mol. The first-order chi connectivity index (χ1) is 12.9. The molecule has 1 N–H and O–H groups in total. The molecule has 1 aliphatic heterocycles. The van der Waals surface area contributed by atoms with Gasteiger partial charge in [0.05, 0.1) is 18.1 Å². The van der Waals surface area contributed by atoms with Crippen LogP contribution in [0.25, 0.3) is 0 Å². The topological polar surface area (TPSA) is 75.7 Å². The minimum atomic E-state index is -3.68. The Labute approximate surface area is 164 Å². The van der Waals surface area contributed by atoms with Crippen molar-refractivity contribution in [2.75, 3.05) is 31.6 Å². The number of carbonyl (C=O) groups excluding carboxylic acids is 1. The number of rotatable bonds is 5. The highest BCUT2D eigenvalue weighted by atomic mass is 35.5. The number of nitrogens with one attached hydrogen (secondary N) is 1. The zero-order valence-electron chi connectivity index (χ0n) is 14.9. The van der Waals surface area contributed by atoms with Crippen LogP contribution >= 0.6 is 11.6 Å². The third kappa shape index (κ3) is 4.50. The van der Waals surface area contributed by atoms with Gasteiger partial charge < -0.3 is 10.1 Å². The third-order valence-electron chi connectivity index (χ3n) is 4.40. The first-order valence-electron chi connectivity index (χ1n) is 8.69. The number of halogens is 1. The summed E-state index contributed by atoms with van der Waals surface area (Å²) in [7, 11) is -3.68. The largest absolute Gasteiger partial charge is 0.379 e. The predicted molar refractivity (Wildman–Crippen MR) is 105 cm³/mol. The van der Waals surface area contributed by atoms with Crippen LogP contribution in [0.15, 0.2) is 47.4 Å². The summed E-state index contributed by atoms with van der Waals surface area (Å²) >= 11 is 5.85. The zero-order valence-corrected chi connectivity index (χ0v) is 16.5. The minimum absolute atomic E-state index is 0.177. The van der Waals surface area contributed by atoms with Crippen molar-refractivity contribution in [3.8, 4) is 0 Å². The molecule has 27 heavy (non-hydrogen) atoms. The van der Waals surface area contributed by atoms with Crippen molar-refractivity contribution in [2.45, 2.75) is 18.2 Å². The Morgan fingerprint density at radius 3 is 2.44 bits per heavy atom. The number of aryl methyl sites for hydroxylation is 1. The van der Waals surface area contributed by atoms with Crippen LogP contribution in [0.5, 0.6) is 0 Å². The quantitative estimate of drug-likeness (QED) is 0.824. The lowest BCUT2D eigenvalue weighted by atomic mass is 10.1. The summed E-state index contributed by atoms with van der Waals surface area (Å²) in [6.45, 7) is 3.26. The zero-order chi connectivity index (χ0) is 19.4. The fraction of sp³-hybridized carbons (Fsp3) is 0.316. The molecule has 0 saturated carbocycles. The lowest BCUT2D eigenvalue weighted by Gasteiger charge is -2.27. The van der Waals surface area contributed by atoms with E-state index >= 15 is 0 Å². The van der Waals surface area contributed by atoms with E-state index in [0.29, 0.717) is 49.0 Å². The van der Waals surface area contributed by atoms with E-state index in [0.717, 1.165) is 0 Å². The van der Waals surface area contributed by atoms with Crippen LogP contribution in [0.2, 0.25) is 5.02 Å². The Balaban J connectivity index is 1.90. The molecule has 3 rings (SSSR count). The lowest BCUT2D eigenvalue weighted by Crippen LogP contribution is -2.41. The van der Waals surface area contributed by atoms with E-state index in [4.69, 9.17) is 16.3 Å². The number of hydrogen-bond donors (Lipinski definition) is 1. The van der Waals surface area contributed by atoms with Gasteiger partial charge in [0.2, 0.25) is 10.0 Å². The highest BCUT2D eigenvalue weighted by Crippen LogP contribution is 2.24. The van der Waals surface area contributed by atoms with E-state index in [1.165, 1.54) is 10.4 Å².